The molecule has 1 aromatic carbocycles. The number of nitrogens with two attached hydrogens (primary N) is 1. The third-order valence-corrected chi connectivity index (χ3v) is 2.84. The maximum absolute atomic E-state index is 12.0. The first-order chi connectivity index (χ1) is 9.42. The number of carbonyl (C=O) groups excluding carboxylic acids is 2. The Labute approximate surface area is 119 Å². The minimum absolute atomic E-state index is 0.191. The molecule has 20 heavy (non-hydrogen) atoms. The number of nitrogen functional groups attached to an aromatic ring is 1. The van der Waals surface area contributed by atoms with E-state index in [1.807, 2.05) is 19.9 Å². The van der Waals surface area contributed by atoms with Gasteiger partial charge in [0.25, 0.3) is 0 Å². The van der Waals surface area contributed by atoms with Gasteiger partial charge in [0.05, 0.1) is 13.5 Å². The Balaban J connectivity index is 2.64. The quantitative estimate of drug-likeness (QED) is 0.610. The SMILES string of the molecule is COC(=O)C(CC(C)C)NC(=O)Cc1cccc(N)c1. The van der Waals surface area contributed by atoms with Gasteiger partial charge < -0.3 is 15.8 Å². The highest BCUT2D eigenvalue weighted by Gasteiger charge is 2.22. The van der Waals surface area contributed by atoms with E-state index >= 15 is 0 Å². The predicted octanol–water partition coefficient (Wildman–Crippen LogP) is 1.52. The zero-order valence-electron chi connectivity index (χ0n) is 12.2. The van der Waals surface area contributed by atoms with E-state index < -0.39 is 12.0 Å². The Kier molecular flexibility index (Phi) is 6.03. The molecule has 0 aliphatic rings. The van der Waals surface area contributed by atoms with Gasteiger partial charge in [0.15, 0.2) is 0 Å². The molecule has 0 radical (unpaired) electrons. The van der Waals surface area contributed by atoms with Crippen LogP contribution in [0.2, 0.25) is 0 Å². The molecule has 0 fully saturated rings. The molecular weight excluding hydrogens is 256 g/mol. The molecule has 0 aliphatic carbocycles. The zero-order valence-corrected chi connectivity index (χ0v) is 12.2. The van der Waals surface area contributed by atoms with Gasteiger partial charge in [-0.1, -0.05) is 26.0 Å². The molecule has 1 amide bonds. The number of hydrogen-bond donors (Lipinski definition) is 2. The van der Waals surface area contributed by atoms with E-state index in [4.69, 9.17) is 10.5 Å². The molecule has 0 spiro atoms. The van der Waals surface area contributed by atoms with E-state index in [0.717, 1.165) is 5.56 Å². The number of amides is 1. The third-order valence-electron chi connectivity index (χ3n) is 2.84. The second-order valence-corrected chi connectivity index (χ2v) is 5.19. The highest BCUT2D eigenvalue weighted by Crippen LogP contribution is 2.09. The smallest absolute Gasteiger partial charge is 0.328 e. The van der Waals surface area contributed by atoms with E-state index in [2.05, 4.69) is 5.32 Å². The first kappa shape index (κ1) is 16.0. The molecule has 0 heterocycles. The monoisotopic (exact) mass is 278 g/mol. The largest absolute Gasteiger partial charge is 0.467 e. The summed E-state index contributed by atoms with van der Waals surface area (Å²) in [6, 6.07) is 6.52. The summed E-state index contributed by atoms with van der Waals surface area (Å²) in [6.07, 6.45) is 0.742. The lowest BCUT2D eigenvalue weighted by Gasteiger charge is -2.18. The molecule has 1 rings (SSSR count). The molecule has 0 aromatic heterocycles. The number of carbonyl (C=O) groups is 2. The first-order valence-electron chi connectivity index (χ1n) is 6.64. The first-order valence-corrected chi connectivity index (χ1v) is 6.64. The number of esters is 1. The van der Waals surface area contributed by atoms with E-state index in [1.165, 1.54) is 7.11 Å². The molecule has 1 atom stereocenters. The molecule has 3 N–H and O–H groups in total. The number of nitrogens with one attached hydrogen (secondary N) is 1. The van der Waals surface area contributed by atoms with Gasteiger partial charge in [0.1, 0.15) is 6.04 Å². The minimum atomic E-state index is -0.603. The van der Waals surface area contributed by atoms with Crippen molar-refractivity contribution in [2.24, 2.45) is 5.92 Å². The Hall–Kier alpha value is -2.04. The lowest BCUT2D eigenvalue weighted by atomic mass is 10.0. The molecule has 110 valence electrons. The molecule has 5 heteroatoms. The average Bonchev–Trinajstić information content (AvgIpc) is 2.36. The molecule has 0 saturated heterocycles. The maximum Gasteiger partial charge on any atom is 0.328 e. The summed E-state index contributed by atoms with van der Waals surface area (Å²) in [4.78, 5) is 23.6. The van der Waals surface area contributed by atoms with Gasteiger partial charge in [-0.25, -0.2) is 4.79 Å². The van der Waals surface area contributed by atoms with Gasteiger partial charge in [-0.15, -0.1) is 0 Å². The maximum atomic E-state index is 12.0. The number of anilines is 1. The molecule has 0 saturated carbocycles. The number of hydrogen-bond acceptors (Lipinski definition) is 4. The van der Waals surface area contributed by atoms with Gasteiger partial charge in [-0.05, 0) is 30.0 Å². The van der Waals surface area contributed by atoms with Gasteiger partial charge in [-0.3, -0.25) is 4.79 Å². The van der Waals surface area contributed by atoms with Crippen LogP contribution >= 0.6 is 0 Å². The lowest BCUT2D eigenvalue weighted by Crippen LogP contribution is -2.43. The summed E-state index contributed by atoms with van der Waals surface area (Å²) in [5.41, 5.74) is 7.09. The van der Waals surface area contributed by atoms with Crippen molar-refractivity contribution in [2.75, 3.05) is 12.8 Å². The minimum Gasteiger partial charge on any atom is -0.467 e. The number of methoxy groups -OCH3 is 1. The standard InChI is InChI=1S/C15H22N2O3/c1-10(2)7-13(15(19)20-3)17-14(18)9-11-5-4-6-12(16)8-11/h4-6,8,10,13H,7,9,16H2,1-3H3,(H,17,18). The van der Waals surface area contributed by atoms with Crippen LogP contribution in [0.4, 0.5) is 5.69 Å². The Morgan fingerprint density at radius 2 is 2.05 bits per heavy atom. The summed E-state index contributed by atoms with van der Waals surface area (Å²) >= 11 is 0. The van der Waals surface area contributed by atoms with Crippen LogP contribution in [0.5, 0.6) is 0 Å². The Morgan fingerprint density at radius 3 is 2.60 bits per heavy atom. The van der Waals surface area contributed by atoms with E-state index in [1.54, 1.807) is 18.2 Å². The summed E-state index contributed by atoms with van der Waals surface area (Å²) in [5, 5.41) is 2.71. The molecule has 1 aromatic rings. The van der Waals surface area contributed by atoms with Crippen LogP contribution in [0.3, 0.4) is 0 Å². The summed E-state index contributed by atoms with van der Waals surface area (Å²) in [7, 11) is 1.32. The fourth-order valence-electron chi connectivity index (χ4n) is 1.96. The van der Waals surface area contributed by atoms with Crippen LogP contribution in [0, 0.1) is 5.92 Å². The highest BCUT2D eigenvalue weighted by atomic mass is 16.5. The lowest BCUT2D eigenvalue weighted by molar-refractivity contribution is -0.145. The van der Waals surface area contributed by atoms with Crippen LogP contribution in [-0.4, -0.2) is 25.0 Å². The van der Waals surface area contributed by atoms with Gasteiger partial charge in [0, 0.05) is 5.69 Å². The molecule has 5 nitrogen and oxygen atoms in total. The summed E-state index contributed by atoms with van der Waals surface area (Å²) in [5.74, 6) is -0.349. The second-order valence-electron chi connectivity index (χ2n) is 5.19. The van der Waals surface area contributed by atoms with Crippen molar-refractivity contribution in [3.8, 4) is 0 Å². The fraction of sp³-hybridized carbons (Fsp3) is 0.467. The third kappa shape index (κ3) is 5.30. The normalized spacial score (nSPS) is 12.0. The number of ether oxygens (including phenoxy) is 1. The topological polar surface area (TPSA) is 81.4 Å². The van der Waals surface area contributed by atoms with Crippen molar-refractivity contribution < 1.29 is 14.3 Å². The number of benzene rings is 1. The molecular formula is C15H22N2O3. The molecule has 0 bridgehead atoms. The van der Waals surface area contributed by atoms with E-state index in [9.17, 15) is 9.59 Å². The molecule has 0 aliphatic heterocycles. The summed E-state index contributed by atoms with van der Waals surface area (Å²) in [6.45, 7) is 3.97. The average molecular weight is 278 g/mol. The van der Waals surface area contributed by atoms with Crippen molar-refractivity contribution in [1.29, 1.82) is 0 Å². The predicted molar refractivity (Wildman–Crippen MR) is 78.0 cm³/mol. The number of rotatable bonds is 6. The van der Waals surface area contributed by atoms with Gasteiger partial charge in [0.2, 0.25) is 5.91 Å². The molecule has 1 unspecified atom stereocenters. The van der Waals surface area contributed by atoms with Crippen molar-refractivity contribution in [3.63, 3.8) is 0 Å². The highest BCUT2D eigenvalue weighted by molar-refractivity contribution is 5.85. The van der Waals surface area contributed by atoms with Crippen molar-refractivity contribution >= 4 is 17.6 Å². The fourth-order valence-corrected chi connectivity index (χ4v) is 1.96. The van der Waals surface area contributed by atoms with Crippen LogP contribution < -0.4 is 11.1 Å². The van der Waals surface area contributed by atoms with Crippen LogP contribution in [-0.2, 0) is 20.7 Å². The van der Waals surface area contributed by atoms with Crippen molar-refractivity contribution in [2.45, 2.75) is 32.7 Å². The summed E-state index contributed by atoms with van der Waals surface area (Å²) < 4.78 is 4.71. The van der Waals surface area contributed by atoms with E-state index in [0.29, 0.717) is 12.1 Å². The van der Waals surface area contributed by atoms with Gasteiger partial charge in [-0.2, -0.15) is 0 Å². The van der Waals surface area contributed by atoms with Gasteiger partial charge >= 0.3 is 5.97 Å². The van der Waals surface area contributed by atoms with Crippen molar-refractivity contribution in [1.82, 2.24) is 5.32 Å². The van der Waals surface area contributed by atoms with Crippen LogP contribution in [0.15, 0.2) is 24.3 Å². The Morgan fingerprint density at radius 1 is 1.35 bits per heavy atom. The van der Waals surface area contributed by atoms with E-state index in [-0.39, 0.29) is 18.2 Å². The second kappa shape index (κ2) is 7.53. The van der Waals surface area contributed by atoms with Crippen LogP contribution in [0.25, 0.3) is 0 Å². The zero-order chi connectivity index (χ0) is 15.1. The van der Waals surface area contributed by atoms with Crippen molar-refractivity contribution in [3.05, 3.63) is 29.8 Å². The van der Waals surface area contributed by atoms with Crippen LogP contribution in [0.1, 0.15) is 25.8 Å². The Bertz CT molecular complexity index is 472.